The normalized spacial score (nSPS) is 10.6. The molecule has 0 saturated carbocycles. The first kappa shape index (κ1) is 17.3. The lowest BCUT2D eigenvalue weighted by Crippen LogP contribution is -2.01. The predicted molar refractivity (Wildman–Crippen MR) is 99.9 cm³/mol. The average molecular weight is 352 g/mol. The number of aromatic nitrogens is 2. The number of carbonyl (C=O) groups excluding carboxylic acids is 1. The summed E-state index contributed by atoms with van der Waals surface area (Å²) < 4.78 is 4.77. The van der Waals surface area contributed by atoms with E-state index >= 15 is 0 Å². The highest BCUT2D eigenvalue weighted by Crippen LogP contribution is 2.23. The highest BCUT2D eigenvalue weighted by Gasteiger charge is 2.10. The number of hydrogen-bond donors (Lipinski definition) is 1. The van der Waals surface area contributed by atoms with Crippen LogP contribution in [-0.4, -0.2) is 23.0 Å². The number of aromatic amines is 1. The molecular weight excluding hydrogens is 332 g/mol. The van der Waals surface area contributed by atoms with Gasteiger partial charge in [-0.2, -0.15) is 0 Å². The van der Waals surface area contributed by atoms with Crippen LogP contribution in [0.4, 0.5) is 0 Å². The Labute approximate surface area is 151 Å². The summed E-state index contributed by atoms with van der Waals surface area (Å²) in [5, 5.41) is 0.895. The standard InChI is InChI=1S/C20H20N2O2S/c1-14-18(12-15-7-4-3-5-8-15)22-20(21-14)25-13-16-9-6-10-17(11-16)19(23)24-2/h3-11H,12-13H2,1-2H3,(H,21,22). The van der Waals surface area contributed by atoms with E-state index in [0.29, 0.717) is 5.56 Å². The van der Waals surface area contributed by atoms with Crippen molar-refractivity contribution in [3.05, 3.63) is 82.7 Å². The van der Waals surface area contributed by atoms with Crippen molar-refractivity contribution < 1.29 is 9.53 Å². The van der Waals surface area contributed by atoms with Crippen LogP contribution >= 0.6 is 11.8 Å². The Morgan fingerprint density at radius 3 is 2.64 bits per heavy atom. The number of nitrogens with zero attached hydrogens (tertiary/aromatic N) is 1. The zero-order chi connectivity index (χ0) is 17.6. The van der Waals surface area contributed by atoms with Gasteiger partial charge in [0.2, 0.25) is 0 Å². The molecule has 1 heterocycles. The number of benzene rings is 2. The van der Waals surface area contributed by atoms with Crippen molar-refractivity contribution in [3.8, 4) is 0 Å². The van der Waals surface area contributed by atoms with Gasteiger partial charge in [0.05, 0.1) is 18.4 Å². The summed E-state index contributed by atoms with van der Waals surface area (Å²) in [6, 6.07) is 17.8. The fraction of sp³-hybridized carbons (Fsp3) is 0.200. The zero-order valence-corrected chi connectivity index (χ0v) is 15.1. The number of methoxy groups -OCH3 is 1. The molecule has 0 atom stereocenters. The molecule has 0 unspecified atom stereocenters. The smallest absolute Gasteiger partial charge is 0.337 e. The molecule has 1 aromatic heterocycles. The van der Waals surface area contributed by atoms with Crippen molar-refractivity contribution in [2.24, 2.45) is 0 Å². The van der Waals surface area contributed by atoms with Crippen LogP contribution < -0.4 is 0 Å². The summed E-state index contributed by atoms with van der Waals surface area (Å²) >= 11 is 1.63. The van der Waals surface area contributed by atoms with E-state index in [-0.39, 0.29) is 5.97 Å². The number of rotatable bonds is 6. The van der Waals surface area contributed by atoms with Crippen molar-refractivity contribution in [2.75, 3.05) is 7.11 Å². The van der Waals surface area contributed by atoms with Crippen molar-refractivity contribution in [1.29, 1.82) is 0 Å². The number of aryl methyl sites for hydroxylation is 1. The number of esters is 1. The number of thioether (sulfide) groups is 1. The number of imidazole rings is 1. The molecule has 0 fully saturated rings. The van der Waals surface area contributed by atoms with Crippen LogP contribution in [0, 0.1) is 6.92 Å². The summed E-state index contributed by atoms with van der Waals surface area (Å²) in [6.07, 6.45) is 0.821. The molecule has 2 aromatic carbocycles. The molecule has 3 aromatic rings. The predicted octanol–water partition coefficient (Wildman–Crippen LogP) is 4.39. The van der Waals surface area contributed by atoms with Gasteiger partial charge in [0, 0.05) is 17.9 Å². The molecule has 128 valence electrons. The van der Waals surface area contributed by atoms with E-state index in [1.807, 2.05) is 43.3 Å². The highest BCUT2D eigenvalue weighted by atomic mass is 32.2. The van der Waals surface area contributed by atoms with Crippen LogP contribution in [-0.2, 0) is 16.9 Å². The van der Waals surface area contributed by atoms with E-state index < -0.39 is 0 Å². The van der Waals surface area contributed by atoms with Crippen molar-refractivity contribution in [1.82, 2.24) is 9.97 Å². The largest absolute Gasteiger partial charge is 0.465 e. The Morgan fingerprint density at radius 1 is 1.12 bits per heavy atom. The Kier molecular flexibility index (Phi) is 5.56. The minimum absolute atomic E-state index is 0.314. The van der Waals surface area contributed by atoms with Crippen LogP contribution in [0.15, 0.2) is 59.8 Å². The van der Waals surface area contributed by atoms with Gasteiger partial charge in [-0.15, -0.1) is 0 Å². The first-order chi connectivity index (χ1) is 12.2. The van der Waals surface area contributed by atoms with Gasteiger partial charge < -0.3 is 9.72 Å². The van der Waals surface area contributed by atoms with Crippen molar-refractivity contribution in [2.45, 2.75) is 24.3 Å². The molecule has 0 aliphatic heterocycles. The maximum Gasteiger partial charge on any atom is 0.337 e. The lowest BCUT2D eigenvalue weighted by molar-refractivity contribution is 0.0600. The molecule has 0 spiro atoms. The highest BCUT2D eigenvalue weighted by molar-refractivity contribution is 7.98. The summed E-state index contributed by atoms with van der Waals surface area (Å²) in [6.45, 7) is 2.05. The summed E-state index contributed by atoms with van der Waals surface area (Å²) in [5.74, 6) is 0.425. The molecule has 4 nitrogen and oxygen atoms in total. The Morgan fingerprint density at radius 2 is 1.88 bits per heavy atom. The minimum atomic E-state index is -0.314. The quantitative estimate of drug-likeness (QED) is 0.528. The van der Waals surface area contributed by atoms with E-state index in [2.05, 4.69) is 17.1 Å². The number of hydrogen-bond acceptors (Lipinski definition) is 4. The lowest BCUT2D eigenvalue weighted by Gasteiger charge is -2.03. The third-order valence-corrected chi connectivity index (χ3v) is 4.85. The zero-order valence-electron chi connectivity index (χ0n) is 14.3. The molecular formula is C20H20N2O2S. The third-order valence-electron chi connectivity index (χ3n) is 3.90. The topological polar surface area (TPSA) is 55.0 Å². The maximum absolute atomic E-state index is 11.6. The van der Waals surface area contributed by atoms with E-state index in [1.165, 1.54) is 12.7 Å². The molecule has 5 heteroatoms. The Balaban J connectivity index is 1.66. The molecule has 3 rings (SSSR count). The summed E-state index contributed by atoms with van der Waals surface area (Å²) in [5.41, 5.74) is 5.04. The first-order valence-corrected chi connectivity index (χ1v) is 9.03. The van der Waals surface area contributed by atoms with Gasteiger partial charge in [0.25, 0.3) is 0 Å². The molecule has 0 aliphatic carbocycles. The van der Waals surface area contributed by atoms with Gasteiger partial charge >= 0.3 is 5.97 Å². The molecule has 0 saturated heterocycles. The Bertz CT molecular complexity index is 859. The fourth-order valence-electron chi connectivity index (χ4n) is 2.55. The fourth-order valence-corrected chi connectivity index (χ4v) is 3.44. The van der Waals surface area contributed by atoms with Crippen molar-refractivity contribution in [3.63, 3.8) is 0 Å². The lowest BCUT2D eigenvalue weighted by atomic mass is 10.1. The van der Waals surface area contributed by atoms with Gasteiger partial charge in [0.1, 0.15) is 0 Å². The average Bonchev–Trinajstić information content (AvgIpc) is 3.00. The molecule has 0 bridgehead atoms. The van der Waals surface area contributed by atoms with Gasteiger partial charge in [0.15, 0.2) is 5.16 Å². The second-order valence-corrected chi connectivity index (χ2v) is 6.72. The van der Waals surface area contributed by atoms with Gasteiger partial charge in [-0.3, -0.25) is 0 Å². The summed E-state index contributed by atoms with van der Waals surface area (Å²) in [7, 11) is 1.39. The van der Waals surface area contributed by atoms with E-state index in [0.717, 1.165) is 34.3 Å². The molecule has 0 aliphatic rings. The number of carbonyl (C=O) groups is 1. The minimum Gasteiger partial charge on any atom is -0.465 e. The number of ether oxygens (including phenoxy) is 1. The van der Waals surface area contributed by atoms with E-state index in [9.17, 15) is 4.79 Å². The maximum atomic E-state index is 11.6. The van der Waals surface area contributed by atoms with Crippen LogP contribution in [0.5, 0.6) is 0 Å². The van der Waals surface area contributed by atoms with Crippen LogP contribution in [0.3, 0.4) is 0 Å². The summed E-state index contributed by atoms with van der Waals surface area (Å²) in [4.78, 5) is 19.7. The van der Waals surface area contributed by atoms with Crippen LogP contribution in [0.2, 0.25) is 0 Å². The van der Waals surface area contributed by atoms with Crippen molar-refractivity contribution >= 4 is 17.7 Å². The van der Waals surface area contributed by atoms with E-state index in [1.54, 1.807) is 17.8 Å². The van der Waals surface area contributed by atoms with Gasteiger partial charge in [-0.05, 0) is 30.2 Å². The first-order valence-electron chi connectivity index (χ1n) is 8.05. The third kappa shape index (κ3) is 4.51. The molecule has 0 amide bonds. The van der Waals surface area contributed by atoms with E-state index in [4.69, 9.17) is 9.72 Å². The molecule has 25 heavy (non-hydrogen) atoms. The second-order valence-electron chi connectivity index (χ2n) is 5.76. The molecule has 1 N–H and O–H groups in total. The monoisotopic (exact) mass is 352 g/mol. The second kappa shape index (κ2) is 8.03. The SMILES string of the molecule is COC(=O)c1cccc(CSc2nc(Cc3ccccc3)c(C)[nH]2)c1. The number of nitrogens with one attached hydrogen (secondary N) is 1. The van der Waals surface area contributed by atoms with Crippen LogP contribution in [0.1, 0.15) is 32.9 Å². The van der Waals surface area contributed by atoms with Gasteiger partial charge in [-0.1, -0.05) is 54.2 Å². The molecule has 0 radical (unpaired) electrons. The number of H-pyrrole nitrogens is 1. The Hall–Kier alpha value is -2.53. The van der Waals surface area contributed by atoms with Crippen LogP contribution in [0.25, 0.3) is 0 Å². The van der Waals surface area contributed by atoms with Gasteiger partial charge in [-0.25, -0.2) is 9.78 Å².